The van der Waals surface area contributed by atoms with Gasteiger partial charge in [0.25, 0.3) is 0 Å². The highest BCUT2D eigenvalue weighted by molar-refractivity contribution is 7.89. The van der Waals surface area contributed by atoms with E-state index in [4.69, 9.17) is 5.11 Å². The minimum absolute atomic E-state index is 0.285. The van der Waals surface area contributed by atoms with Gasteiger partial charge in [-0.15, -0.1) is 0 Å². The molecular weight excluding hydrogens is 301 g/mol. The van der Waals surface area contributed by atoms with Crippen LogP contribution in [-0.2, 0) is 10.0 Å². The number of carbonyl (C=O) groups is 1. The first-order valence-electron chi connectivity index (χ1n) is 6.53. The highest BCUT2D eigenvalue weighted by Crippen LogP contribution is 2.21. The first kappa shape index (κ1) is 15.9. The Hall–Kier alpha value is -1.51. The summed E-state index contributed by atoms with van der Waals surface area (Å²) in [6.45, 7) is 0. The van der Waals surface area contributed by atoms with Crippen LogP contribution >= 0.6 is 0 Å². The molecule has 0 unspecified atom stereocenters. The average molecular weight is 317 g/mol. The maximum absolute atomic E-state index is 13.3. The molecule has 1 aliphatic carbocycles. The van der Waals surface area contributed by atoms with Gasteiger partial charge >= 0.3 is 5.97 Å². The molecule has 1 aliphatic rings. The van der Waals surface area contributed by atoms with E-state index in [-0.39, 0.29) is 10.9 Å². The molecule has 0 saturated heterocycles. The zero-order chi connectivity index (χ0) is 15.6. The number of nitrogens with one attached hydrogen (secondary N) is 1. The highest BCUT2D eigenvalue weighted by Gasteiger charge is 2.26. The van der Waals surface area contributed by atoms with E-state index in [0.29, 0.717) is 25.7 Å². The van der Waals surface area contributed by atoms with Gasteiger partial charge in [-0.25, -0.2) is 22.3 Å². The van der Waals surface area contributed by atoms with Crippen LogP contribution in [0.25, 0.3) is 0 Å². The lowest BCUT2D eigenvalue weighted by molar-refractivity contribution is 0.0691. The monoisotopic (exact) mass is 317 g/mol. The quantitative estimate of drug-likeness (QED) is 0.771. The zero-order valence-corrected chi connectivity index (χ0v) is 11.9. The number of aliphatic hydroxyl groups excluding tert-OH is 1. The number of rotatable bonds is 4. The van der Waals surface area contributed by atoms with Gasteiger partial charge in [0, 0.05) is 6.04 Å². The van der Waals surface area contributed by atoms with Crippen LogP contribution in [0.2, 0.25) is 0 Å². The maximum atomic E-state index is 13.3. The number of halogens is 1. The van der Waals surface area contributed by atoms with Crippen molar-refractivity contribution in [1.29, 1.82) is 0 Å². The molecule has 1 saturated carbocycles. The third kappa shape index (κ3) is 3.78. The lowest BCUT2D eigenvalue weighted by Crippen LogP contribution is -2.38. The summed E-state index contributed by atoms with van der Waals surface area (Å²) in [6, 6.07) is 2.35. The van der Waals surface area contributed by atoms with Crippen LogP contribution in [0.1, 0.15) is 36.0 Å². The molecule has 2 rings (SSSR count). The zero-order valence-electron chi connectivity index (χ0n) is 11.1. The third-order valence-electron chi connectivity index (χ3n) is 3.50. The maximum Gasteiger partial charge on any atom is 0.338 e. The molecule has 0 amide bonds. The summed E-state index contributed by atoms with van der Waals surface area (Å²) < 4.78 is 40.1. The number of aromatic carboxylic acids is 1. The van der Waals surface area contributed by atoms with E-state index in [2.05, 4.69) is 4.72 Å². The lowest BCUT2D eigenvalue weighted by Gasteiger charge is -2.26. The van der Waals surface area contributed by atoms with Crippen LogP contribution in [0.3, 0.4) is 0 Å². The van der Waals surface area contributed by atoms with Crippen molar-refractivity contribution in [2.24, 2.45) is 0 Å². The summed E-state index contributed by atoms with van der Waals surface area (Å²) in [7, 11) is -3.91. The van der Waals surface area contributed by atoms with Gasteiger partial charge in [0.05, 0.1) is 16.6 Å². The summed E-state index contributed by atoms with van der Waals surface area (Å²) >= 11 is 0. The molecule has 116 valence electrons. The highest BCUT2D eigenvalue weighted by atomic mass is 32.2. The van der Waals surface area contributed by atoms with Crippen molar-refractivity contribution in [2.75, 3.05) is 0 Å². The number of benzene rings is 1. The first-order valence-corrected chi connectivity index (χ1v) is 8.01. The Balaban J connectivity index is 2.20. The fourth-order valence-electron chi connectivity index (χ4n) is 2.32. The smallest absolute Gasteiger partial charge is 0.338 e. The summed E-state index contributed by atoms with van der Waals surface area (Å²) in [6.07, 6.45) is 1.63. The normalized spacial score (nSPS) is 23.0. The van der Waals surface area contributed by atoms with Gasteiger partial charge in [-0.1, -0.05) is 0 Å². The minimum atomic E-state index is -3.91. The summed E-state index contributed by atoms with van der Waals surface area (Å²) in [5, 5.41) is 18.2. The largest absolute Gasteiger partial charge is 0.478 e. The van der Waals surface area contributed by atoms with E-state index in [1.54, 1.807) is 0 Å². The predicted molar refractivity (Wildman–Crippen MR) is 71.9 cm³/mol. The van der Waals surface area contributed by atoms with E-state index >= 15 is 0 Å². The molecule has 21 heavy (non-hydrogen) atoms. The second kappa shape index (κ2) is 6.08. The predicted octanol–water partition coefficient (Wildman–Crippen LogP) is 1.11. The van der Waals surface area contributed by atoms with Crippen molar-refractivity contribution in [3.63, 3.8) is 0 Å². The molecule has 0 aliphatic heterocycles. The van der Waals surface area contributed by atoms with Crippen LogP contribution < -0.4 is 4.72 Å². The van der Waals surface area contributed by atoms with E-state index in [9.17, 15) is 22.7 Å². The number of hydrogen-bond donors (Lipinski definition) is 3. The molecule has 6 nitrogen and oxygen atoms in total. The number of carboxylic acids is 1. The minimum Gasteiger partial charge on any atom is -0.478 e. The fourth-order valence-corrected chi connectivity index (χ4v) is 3.65. The standard InChI is InChI=1S/C13H16FNO5S/c14-12-6-5-10(7-11(12)13(17)18)21(19,20)15-8-1-3-9(16)4-2-8/h5-9,15-16H,1-4H2,(H,17,18). The molecule has 8 heteroatoms. The van der Waals surface area contributed by atoms with Crippen LogP contribution in [0, 0.1) is 5.82 Å². The number of aliphatic hydroxyl groups is 1. The number of hydrogen-bond acceptors (Lipinski definition) is 4. The number of carboxylic acid groups (broad SMARTS) is 1. The van der Waals surface area contributed by atoms with Crippen LogP contribution in [0.4, 0.5) is 4.39 Å². The molecule has 0 aromatic heterocycles. The Morgan fingerprint density at radius 1 is 1.24 bits per heavy atom. The summed E-state index contributed by atoms with van der Waals surface area (Å²) in [4.78, 5) is 10.6. The average Bonchev–Trinajstić information content (AvgIpc) is 2.41. The molecule has 0 atom stereocenters. The SMILES string of the molecule is O=C(O)c1cc(S(=O)(=O)NC2CCC(O)CC2)ccc1F. The molecule has 1 aromatic carbocycles. The van der Waals surface area contributed by atoms with Crippen molar-refractivity contribution in [2.45, 2.75) is 42.7 Å². The van der Waals surface area contributed by atoms with E-state index in [1.807, 2.05) is 0 Å². The van der Waals surface area contributed by atoms with E-state index in [0.717, 1.165) is 18.2 Å². The molecule has 3 N–H and O–H groups in total. The lowest BCUT2D eigenvalue weighted by atomic mass is 9.94. The molecule has 1 fully saturated rings. The Labute approximate surface area is 121 Å². The first-order chi connectivity index (χ1) is 9.79. The third-order valence-corrected chi connectivity index (χ3v) is 5.02. The molecule has 0 heterocycles. The van der Waals surface area contributed by atoms with Gasteiger partial charge in [0.2, 0.25) is 10.0 Å². The van der Waals surface area contributed by atoms with Gasteiger partial charge in [-0.05, 0) is 43.9 Å². The molecule has 0 spiro atoms. The number of sulfonamides is 1. The summed E-state index contributed by atoms with van der Waals surface area (Å²) in [5.74, 6) is -2.51. The van der Waals surface area contributed by atoms with Crippen LogP contribution in [0.15, 0.2) is 23.1 Å². The van der Waals surface area contributed by atoms with E-state index < -0.39 is 33.5 Å². The molecule has 0 radical (unpaired) electrons. The fraction of sp³-hybridized carbons (Fsp3) is 0.462. The second-order valence-corrected chi connectivity index (χ2v) is 6.79. The molecule has 0 bridgehead atoms. The Morgan fingerprint density at radius 2 is 1.86 bits per heavy atom. The van der Waals surface area contributed by atoms with Crippen molar-refractivity contribution in [3.8, 4) is 0 Å². The van der Waals surface area contributed by atoms with Gasteiger partial charge < -0.3 is 10.2 Å². The van der Waals surface area contributed by atoms with Crippen molar-refractivity contribution in [3.05, 3.63) is 29.6 Å². The Bertz CT molecular complexity index is 638. The topological polar surface area (TPSA) is 104 Å². The molecule has 1 aromatic rings. The van der Waals surface area contributed by atoms with Crippen molar-refractivity contribution < 1.29 is 27.8 Å². The van der Waals surface area contributed by atoms with Gasteiger partial charge in [0.1, 0.15) is 5.82 Å². The Kier molecular flexibility index (Phi) is 4.60. The summed E-state index contributed by atoms with van der Waals surface area (Å²) in [5.41, 5.74) is -0.683. The van der Waals surface area contributed by atoms with Gasteiger partial charge in [0.15, 0.2) is 0 Å². The van der Waals surface area contributed by atoms with Crippen molar-refractivity contribution >= 4 is 16.0 Å². The Morgan fingerprint density at radius 3 is 2.43 bits per heavy atom. The molecular formula is C13H16FNO5S. The van der Waals surface area contributed by atoms with Gasteiger partial charge in [-0.3, -0.25) is 0 Å². The van der Waals surface area contributed by atoms with E-state index in [1.165, 1.54) is 0 Å². The second-order valence-electron chi connectivity index (χ2n) is 5.07. The van der Waals surface area contributed by atoms with Crippen LogP contribution in [-0.4, -0.2) is 36.7 Å². The van der Waals surface area contributed by atoms with Gasteiger partial charge in [-0.2, -0.15) is 0 Å². The van der Waals surface area contributed by atoms with Crippen molar-refractivity contribution in [1.82, 2.24) is 4.72 Å². The van der Waals surface area contributed by atoms with Crippen LogP contribution in [0.5, 0.6) is 0 Å².